The molecule has 0 atom stereocenters. The van der Waals surface area contributed by atoms with E-state index in [1.807, 2.05) is 24.5 Å². The molecule has 0 aliphatic rings. The molecule has 0 aliphatic heterocycles. The number of nitrogens with zero attached hydrogens (tertiary/aromatic N) is 2. The Morgan fingerprint density at radius 2 is 2.09 bits per heavy atom. The molecule has 0 radical (unpaired) electrons. The number of benzene rings is 1. The van der Waals surface area contributed by atoms with Gasteiger partial charge in [-0.1, -0.05) is 0 Å². The molecule has 11 heavy (non-hydrogen) atoms. The third kappa shape index (κ3) is 1.09. The van der Waals surface area contributed by atoms with Crippen LogP contribution in [0.5, 0.6) is 0 Å². The molecule has 3 nitrogen and oxygen atoms in total. The minimum atomic E-state index is 0.808. The van der Waals surface area contributed by atoms with E-state index in [0.717, 1.165) is 11.0 Å². The average molecular weight is 166 g/mol. The van der Waals surface area contributed by atoms with Crippen LogP contribution in [0, 0.1) is 0 Å². The molecule has 0 saturated carbocycles. The molecule has 2 aromatic rings. The zero-order valence-corrected chi connectivity index (χ0v) is 6.76. The fourth-order valence-electron chi connectivity index (χ4n) is 0.889. The summed E-state index contributed by atoms with van der Waals surface area (Å²) in [5, 5.41) is 7.43. The summed E-state index contributed by atoms with van der Waals surface area (Å²) in [4.78, 5) is 1.17. The standard InChI is InChI=1S/C7H6N2OS/c1-11-5-2-3-6-7(4-5)9-10-8-6/h2-4H,1H3. The van der Waals surface area contributed by atoms with Crippen molar-refractivity contribution in [1.82, 2.24) is 10.3 Å². The van der Waals surface area contributed by atoms with Crippen molar-refractivity contribution in [2.75, 3.05) is 6.26 Å². The lowest BCUT2D eigenvalue weighted by molar-refractivity contribution is 0.315. The molecule has 0 fully saturated rings. The molecule has 0 N–H and O–H groups in total. The predicted octanol–water partition coefficient (Wildman–Crippen LogP) is 1.94. The first-order chi connectivity index (χ1) is 5.40. The summed E-state index contributed by atoms with van der Waals surface area (Å²) in [7, 11) is 0. The number of hydrogen-bond donors (Lipinski definition) is 0. The topological polar surface area (TPSA) is 38.9 Å². The van der Waals surface area contributed by atoms with Gasteiger partial charge >= 0.3 is 0 Å². The summed E-state index contributed by atoms with van der Waals surface area (Å²) in [6, 6.07) is 5.85. The van der Waals surface area contributed by atoms with Crippen LogP contribution in [0.25, 0.3) is 11.0 Å². The van der Waals surface area contributed by atoms with Gasteiger partial charge in [0.1, 0.15) is 11.0 Å². The molecule has 0 spiro atoms. The van der Waals surface area contributed by atoms with Gasteiger partial charge in [0.05, 0.1) is 0 Å². The normalized spacial score (nSPS) is 10.6. The lowest BCUT2D eigenvalue weighted by atomic mass is 10.3. The first kappa shape index (κ1) is 6.67. The maximum absolute atomic E-state index is 4.56. The Labute approximate surface area is 67.7 Å². The maximum atomic E-state index is 4.56. The average Bonchev–Trinajstić information content (AvgIpc) is 2.50. The molecular formula is C7H6N2OS. The van der Waals surface area contributed by atoms with Crippen LogP contribution in [0.4, 0.5) is 0 Å². The summed E-state index contributed by atoms with van der Waals surface area (Å²) in [6.07, 6.45) is 2.02. The second-order valence-electron chi connectivity index (χ2n) is 2.12. The molecule has 1 aromatic carbocycles. The van der Waals surface area contributed by atoms with E-state index in [4.69, 9.17) is 0 Å². The summed E-state index contributed by atoms with van der Waals surface area (Å²) < 4.78 is 4.56. The monoisotopic (exact) mass is 166 g/mol. The smallest absolute Gasteiger partial charge is 0.136 e. The highest BCUT2D eigenvalue weighted by molar-refractivity contribution is 7.98. The SMILES string of the molecule is CSc1ccc2nonc2c1. The van der Waals surface area contributed by atoms with Crippen LogP contribution in [0.1, 0.15) is 0 Å². The minimum Gasteiger partial charge on any atom is -0.243 e. The highest BCUT2D eigenvalue weighted by atomic mass is 32.2. The fraction of sp³-hybridized carbons (Fsp3) is 0.143. The van der Waals surface area contributed by atoms with Crippen molar-refractivity contribution in [2.45, 2.75) is 4.90 Å². The van der Waals surface area contributed by atoms with E-state index in [-0.39, 0.29) is 0 Å². The summed E-state index contributed by atoms with van der Waals surface area (Å²) in [5.41, 5.74) is 1.62. The minimum absolute atomic E-state index is 0.808. The van der Waals surface area contributed by atoms with Gasteiger partial charge in [0, 0.05) is 4.90 Å². The van der Waals surface area contributed by atoms with Gasteiger partial charge in [-0.05, 0) is 34.8 Å². The van der Waals surface area contributed by atoms with Crippen LogP contribution in [0.3, 0.4) is 0 Å². The number of hydrogen-bond acceptors (Lipinski definition) is 4. The van der Waals surface area contributed by atoms with Crippen LogP contribution in [0.15, 0.2) is 27.7 Å². The van der Waals surface area contributed by atoms with E-state index in [0.29, 0.717) is 0 Å². The molecule has 1 heterocycles. The van der Waals surface area contributed by atoms with Crippen LogP contribution in [-0.2, 0) is 0 Å². The lowest BCUT2D eigenvalue weighted by Gasteiger charge is -1.91. The number of aromatic nitrogens is 2. The summed E-state index contributed by atoms with van der Waals surface area (Å²) in [6.45, 7) is 0. The molecule has 56 valence electrons. The van der Waals surface area contributed by atoms with E-state index >= 15 is 0 Å². The van der Waals surface area contributed by atoms with Crippen molar-refractivity contribution in [3.63, 3.8) is 0 Å². The Morgan fingerprint density at radius 3 is 2.91 bits per heavy atom. The number of fused-ring (bicyclic) bond motifs is 1. The number of thioether (sulfide) groups is 1. The second kappa shape index (κ2) is 2.54. The third-order valence-corrected chi connectivity index (χ3v) is 2.19. The van der Waals surface area contributed by atoms with Gasteiger partial charge in [-0.2, -0.15) is 0 Å². The largest absolute Gasteiger partial charge is 0.243 e. The van der Waals surface area contributed by atoms with Crippen molar-refractivity contribution in [3.05, 3.63) is 18.2 Å². The van der Waals surface area contributed by atoms with Crippen LogP contribution in [0.2, 0.25) is 0 Å². The zero-order chi connectivity index (χ0) is 7.68. The second-order valence-corrected chi connectivity index (χ2v) is 3.00. The molecule has 0 amide bonds. The molecule has 2 rings (SSSR count). The van der Waals surface area contributed by atoms with E-state index in [1.54, 1.807) is 11.8 Å². The van der Waals surface area contributed by atoms with E-state index < -0.39 is 0 Å². The van der Waals surface area contributed by atoms with Gasteiger partial charge < -0.3 is 0 Å². The van der Waals surface area contributed by atoms with E-state index in [9.17, 15) is 0 Å². The molecule has 0 saturated heterocycles. The quantitative estimate of drug-likeness (QED) is 0.607. The molecular weight excluding hydrogens is 160 g/mol. The van der Waals surface area contributed by atoms with Crippen LogP contribution >= 0.6 is 11.8 Å². The number of rotatable bonds is 1. The molecule has 0 unspecified atom stereocenters. The first-order valence-electron chi connectivity index (χ1n) is 3.16. The van der Waals surface area contributed by atoms with Gasteiger partial charge in [0.25, 0.3) is 0 Å². The molecule has 0 aliphatic carbocycles. The van der Waals surface area contributed by atoms with Crippen LogP contribution in [-0.4, -0.2) is 16.6 Å². The zero-order valence-electron chi connectivity index (χ0n) is 5.94. The molecule has 0 bridgehead atoms. The third-order valence-electron chi connectivity index (χ3n) is 1.46. The van der Waals surface area contributed by atoms with Gasteiger partial charge in [-0.25, -0.2) is 4.63 Å². The Bertz CT molecular complexity index is 371. The molecule has 1 aromatic heterocycles. The molecule has 4 heteroatoms. The van der Waals surface area contributed by atoms with Crippen LogP contribution < -0.4 is 0 Å². The Morgan fingerprint density at radius 1 is 1.27 bits per heavy atom. The van der Waals surface area contributed by atoms with Gasteiger partial charge in [-0.3, -0.25) is 0 Å². The summed E-state index contributed by atoms with van der Waals surface area (Å²) in [5.74, 6) is 0. The first-order valence-corrected chi connectivity index (χ1v) is 4.39. The highest BCUT2D eigenvalue weighted by Gasteiger charge is 1.99. The Kier molecular flexibility index (Phi) is 1.54. The van der Waals surface area contributed by atoms with Gasteiger partial charge in [0.2, 0.25) is 0 Å². The van der Waals surface area contributed by atoms with E-state index in [2.05, 4.69) is 14.9 Å². The van der Waals surface area contributed by atoms with Crippen molar-refractivity contribution < 1.29 is 4.63 Å². The predicted molar refractivity (Wildman–Crippen MR) is 43.6 cm³/mol. The fourth-order valence-corrected chi connectivity index (χ4v) is 1.32. The Balaban J connectivity index is 2.67. The van der Waals surface area contributed by atoms with Crippen molar-refractivity contribution in [3.8, 4) is 0 Å². The van der Waals surface area contributed by atoms with Crippen molar-refractivity contribution in [2.24, 2.45) is 0 Å². The van der Waals surface area contributed by atoms with Crippen molar-refractivity contribution in [1.29, 1.82) is 0 Å². The van der Waals surface area contributed by atoms with E-state index in [1.165, 1.54) is 4.90 Å². The Hall–Kier alpha value is -1.03. The van der Waals surface area contributed by atoms with Gasteiger partial charge in [0.15, 0.2) is 0 Å². The highest BCUT2D eigenvalue weighted by Crippen LogP contribution is 2.18. The van der Waals surface area contributed by atoms with Crippen molar-refractivity contribution >= 4 is 22.8 Å². The maximum Gasteiger partial charge on any atom is 0.136 e. The summed E-state index contributed by atoms with van der Waals surface area (Å²) >= 11 is 1.68. The lowest BCUT2D eigenvalue weighted by Crippen LogP contribution is -1.71. The van der Waals surface area contributed by atoms with Gasteiger partial charge in [-0.15, -0.1) is 11.8 Å².